The minimum atomic E-state index is -0.321. The van der Waals surface area contributed by atoms with E-state index in [1.807, 2.05) is 22.4 Å². The lowest BCUT2D eigenvalue weighted by molar-refractivity contribution is -0.134. The van der Waals surface area contributed by atoms with Crippen LogP contribution >= 0.6 is 11.3 Å². The molecule has 2 saturated heterocycles. The number of piperidine rings is 1. The van der Waals surface area contributed by atoms with Gasteiger partial charge in [-0.3, -0.25) is 14.3 Å². The van der Waals surface area contributed by atoms with Gasteiger partial charge in [0.2, 0.25) is 5.91 Å². The van der Waals surface area contributed by atoms with Crippen molar-refractivity contribution in [1.82, 2.24) is 24.5 Å². The molecule has 2 aromatic heterocycles. The molecule has 9 heteroatoms. The van der Waals surface area contributed by atoms with Crippen molar-refractivity contribution < 1.29 is 14.7 Å². The summed E-state index contributed by atoms with van der Waals surface area (Å²) in [6.45, 7) is 4.29. The van der Waals surface area contributed by atoms with E-state index in [2.05, 4.69) is 17.0 Å². The zero-order valence-electron chi connectivity index (χ0n) is 16.7. The number of amides is 2. The number of aromatic nitrogens is 2. The van der Waals surface area contributed by atoms with Crippen LogP contribution in [0.25, 0.3) is 10.6 Å². The second-order valence-corrected chi connectivity index (χ2v) is 8.70. The standard InChI is InChI=1S/C20H27N5O3S/c1-22-8-10-24(11-9-22)20(28)16-13-17(18-3-2-12-29-18)25(21-16)14-19(27)23-6-4-15(26)5-7-23/h2-3,12-13,15,26H,4-11,14H2,1H3. The normalized spacial score (nSPS) is 19.0. The molecule has 4 rings (SSSR count). The summed E-state index contributed by atoms with van der Waals surface area (Å²) in [5.41, 5.74) is 1.18. The van der Waals surface area contributed by atoms with Gasteiger partial charge in [-0.25, -0.2) is 0 Å². The second kappa shape index (κ2) is 8.64. The molecule has 1 N–H and O–H groups in total. The third-order valence-corrected chi connectivity index (χ3v) is 6.56. The molecule has 0 bridgehead atoms. The lowest BCUT2D eigenvalue weighted by Crippen LogP contribution is -2.47. The Balaban J connectivity index is 1.54. The first-order chi connectivity index (χ1) is 14.0. The first-order valence-electron chi connectivity index (χ1n) is 10.1. The van der Waals surface area contributed by atoms with Gasteiger partial charge in [-0.05, 0) is 37.4 Å². The summed E-state index contributed by atoms with van der Waals surface area (Å²) in [7, 11) is 2.05. The van der Waals surface area contributed by atoms with Crippen molar-refractivity contribution in [3.8, 4) is 10.6 Å². The maximum Gasteiger partial charge on any atom is 0.274 e. The number of likely N-dealkylation sites (N-methyl/N-ethyl adjacent to an activating group) is 1. The van der Waals surface area contributed by atoms with Crippen molar-refractivity contribution >= 4 is 23.2 Å². The zero-order chi connectivity index (χ0) is 20.4. The number of hydrogen-bond donors (Lipinski definition) is 1. The van der Waals surface area contributed by atoms with E-state index in [1.165, 1.54) is 0 Å². The Kier molecular flexibility index (Phi) is 5.98. The van der Waals surface area contributed by atoms with E-state index in [9.17, 15) is 14.7 Å². The van der Waals surface area contributed by atoms with Gasteiger partial charge in [-0.1, -0.05) is 6.07 Å². The molecule has 29 heavy (non-hydrogen) atoms. The summed E-state index contributed by atoms with van der Waals surface area (Å²) in [6.07, 6.45) is 0.893. The van der Waals surface area contributed by atoms with Gasteiger partial charge < -0.3 is 19.8 Å². The largest absolute Gasteiger partial charge is 0.393 e. The summed E-state index contributed by atoms with van der Waals surface area (Å²) in [5.74, 6) is -0.111. The highest BCUT2D eigenvalue weighted by molar-refractivity contribution is 7.13. The molecule has 4 heterocycles. The number of aliphatic hydroxyl groups is 1. The third-order valence-electron chi connectivity index (χ3n) is 5.67. The van der Waals surface area contributed by atoms with Gasteiger partial charge in [0.05, 0.1) is 16.7 Å². The third kappa shape index (κ3) is 4.52. The smallest absolute Gasteiger partial charge is 0.274 e. The van der Waals surface area contributed by atoms with Crippen LogP contribution in [0.4, 0.5) is 0 Å². The van der Waals surface area contributed by atoms with Gasteiger partial charge in [0.15, 0.2) is 5.69 Å². The van der Waals surface area contributed by atoms with Gasteiger partial charge in [0, 0.05) is 39.3 Å². The van der Waals surface area contributed by atoms with E-state index in [1.54, 1.807) is 27.0 Å². The average Bonchev–Trinajstić information content (AvgIpc) is 3.38. The maximum absolute atomic E-state index is 13.0. The van der Waals surface area contributed by atoms with E-state index < -0.39 is 0 Å². The van der Waals surface area contributed by atoms with E-state index in [4.69, 9.17) is 0 Å². The molecule has 2 aliphatic rings. The number of aliphatic hydroxyl groups excluding tert-OH is 1. The number of nitrogens with zero attached hydrogens (tertiary/aromatic N) is 5. The van der Waals surface area contributed by atoms with Crippen LogP contribution in [0.15, 0.2) is 23.6 Å². The van der Waals surface area contributed by atoms with Crippen molar-refractivity contribution in [3.63, 3.8) is 0 Å². The summed E-state index contributed by atoms with van der Waals surface area (Å²) >= 11 is 1.56. The fourth-order valence-electron chi connectivity index (χ4n) is 3.78. The quantitative estimate of drug-likeness (QED) is 0.802. The van der Waals surface area contributed by atoms with Gasteiger partial charge in [0.1, 0.15) is 6.54 Å². The monoisotopic (exact) mass is 417 g/mol. The van der Waals surface area contributed by atoms with Crippen LogP contribution in [0.2, 0.25) is 0 Å². The van der Waals surface area contributed by atoms with Gasteiger partial charge in [-0.2, -0.15) is 5.10 Å². The molecule has 0 aliphatic carbocycles. The molecule has 2 aromatic rings. The fourth-order valence-corrected chi connectivity index (χ4v) is 4.53. The van der Waals surface area contributed by atoms with Crippen LogP contribution in [-0.4, -0.2) is 93.8 Å². The molecule has 156 valence electrons. The van der Waals surface area contributed by atoms with Gasteiger partial charge in [-0.15, -0.1) is 11.3 Å². The SMILES string of the molecule is CN1CCN(C(=O)c2cc(-c3cccs3)n(CC(=O)N3CCC(O)CC3)n2)CC1. The maximum atomic E-state index is 13.0. The highest BCUT2D eigenvalue weighted by Crippen LogP contribution is 2.26. The lowest BCUT2D eigenvalue weighted by Gasteiger charge is -2.31. The number of carbonyl (C=O) groups excluding carboxylic acids is 2. The topological polar surface area (TPSA) is 81.9 Å². The number of carbonyl (C=O) groups is 2. The Hall–Kier alpha value is -2.23. The molecule has 2 aliphatic heterocycles. The predicted molar refractivity (Wildman–Crippen MR) is 111 cm³/mol. The molecule has 0 unspecified atom stereocenters. The van der Waals surface area contributed by atoms with Crippen LogP contribution in [0.1, 0.15) is 23.3 Å². The molecule has 2 amide bonds. The van der Waals surface area contributed by atoms with Crippen LogP contribution in [0.5, 0.6) is 0 Å². The van der Waals surface area contributed by atoms with Gasteiger partial charge >= 0.3 is 0 Å². The molecule has 2 fully saturated rings. The Morgan fingerprint density at radius 2 is 1.86 bits per heavy atom. The van der Waals surface area contributed by atoms with E-state index in [0.717, 1.165) is 23.7 Å². The van der Waals surface area contributed by atoms with Crippen molar-refractivity contribution in [1.29, 1.82) is 0 Å². The zero-order valence-corrected chi connectivity index (χ0v) is 17.5. The Labute approximate surface area is 174 Å². The minimum absolute atomic E-state index is 0.0311. The molecule has 0 aromatic carbocycles. The summed E-state index contributed by atoms with van der Waals surface area (Å²) < 4.78 is 1.66. The number of likely N-dealkylation sites (tertiary alicyclic amines) is 1. The summed E-state index contributed by atoms with van der Waals surface area (Å²) in [4.78, 5) is 32.6. The Morgan fingerprint density at radius 3 is 2.52 bits per heavy atom. The van der Waals surface area contributed by atoms with Crippen LogP contribution in [-0.2, 0) is 11.3 Å². The average molecular weight is 418 g/mol. The highest BCUT2D eigenvalue weighted by Gasteiger charge is 2.26. The van der Waals surface area contributed by atoms with Crippen molar-refractivity contribution in [2.24, 2.45) is 0 Å². The number of rotatable bonds is 4. The van der Waals surface area contributed by atoms with E-state index in [-0.39, 0.29) is 24.5 Å². The molecular weight excluding hydrogens is 390 g/mol. The Morgan fingerprint density at radius 1 is 1.14 bits per heavy atom. The van der Waals surface area contributed by atoms with Crippen LogP contribution in [0, 0.1) is 0 Å². The van der Waals surface area contributed by atoms with Crippen molar-refractivity contribution in [2.75, 3.05) is 46.3 Å². The van der Waals surface area contributed by atoms with Crippen LogP contribution in [0.3, 0.4) is 0 Å². The van der Waals surface area contributed by atoms with Crippen molar-refractivity contribution in [2.45, 2.75) is 25.5 Å². The van der Waals surface area contributed by atoms with Gasteiger partial charge in [0.25, 0.3) is 5.91 Å². The number of thiophene rings is 1. The second-order valence-electron chi connectivity index (χ2n) is 7.76. The Bertz CT molecular complexity index is 850. The molecule has 0 radical (unpaired) electrons. The molecular formula is C20H27N5O3S. The van der Waals surface area contributed by atoms with E-state index in [0.29, 0.717) is 44.7 Å². The van der Waals surface area contributed by atoms with E-state index >= 15 is 0 Å². The molecule has 0 saturated carbocycles. The minimum Gasteiger partial charge on any atom is -0.393 e. The fraction of sp³-hybridized carbons (Fsp3) is 0.550. The number of hydrogen-bond acceptors (Lipinski definition) is 6. The summed E-state index contributed by atoms with van der Waals surface area (Å²) in [6, 6.07) is 5.73. The van der Waals surface area contributed by atoms with Crippen molar-refractivity contribution in [3.05, 3.63) is 29.3 Å². The summed E-state index contributed by atoms with van der Waals surface area (Å²) in [5, 5.41) is 16.2. The highest BCUT2D eigenvalue weighted by atomic mass is 32.1. The molecule has 8 nitrogen and oxygen atoms in total. The molecule has 0 spiro atoms. The lowest BCUT2D eigenvalue weighted by atomic mass is 10.1. The first kappa shape index (κ1) is 20.1. The number of piperazine rings is 1. The molecule has 0 atom stereocenters. The predicted octanol–water partition coefficient (Wildman–Crippen LogP) is 0.982. The first-order valence-corrected chi connectivity index (χ1v) is 10.9. The van der Waals surface area contributed by atoms with Crippen LogP contribution < -0.4 is 0 Å².